The highest BCUT2D eigenvalue weighted by Crippen LogP contribution is 2.27. The molecular formula is C24H21ClFN3O3. The number of carboxylic acids is 1. The third-order valence-electron chi connectivity index (χ3n) is 5.44. The maximum Gasteiger partial charge on any atom is 0.337 e. The lowest BCUT2D eigenvalue weighted by atomic mass is 10.1. The lowest BCUT2D eigenvalue weighted by Gasteiger charge is -2.37. The van der Waals surface area contributed by atoms with Crippen LogP contribution in [0.1, 0.15) is 20.7 Å². The Hall–Kier alpha value is -3.58. The molecule has 0 saturated carbocycles. The second-order valence-corrected chi connectivity index (χ2v) is 7.80. The monoisotopic (exact) mass is 453 g/mol. The predicted molar refractivity (Wildman–Crippen MR) is 124 cm³/mol. The maximum absolute atomic E-state index is 14.1. The van der Waals surface area contributed by atoms with Crippen molar-refractivity contribution < 1.29 is 19.1 Å². The van der Waals surface area contributed by atoms with Crippen molar-refractivity contribution in [1.82, 2.24) is 0 Å². The van der Waals surface area contributed by atoms with E-state index >= 15 is 0 Å². The second-order valence-electron chi connectivity index (χ2n) is 7.39. The van der Waals surface area contributed by atoms with Crippen LogP contribution >= 0.6 is 11.6 Å². The highest BCUT2D eigenvalue weighted by atomic mass is 35.5. The van der Waals surface area contributed by atoms with Crippen molar-refractivity contribution >= 4 is 40.5 Å². The fourth-order valence-electron chi connectivity index (χ4n) is 3.76. The normalized spacial score (nSPS) is 13.7. The second kappa shape index (κ2) is 9.28. The van der Waals surface area contributed by atoms with E-state index in [2.05, 4.69) is 5.32 Å². The number of carboxylic acid groups (broad SMARTS) is 1. The molecule has 1 amide bonds. The van der Waals surface area contributed by atoms with E-state index in [0.717, 1.165) is 5.69 Å². The van der Waals surface area contributed by atoms with E-state index in [1.54, 1.807) is 60.7 Å². The zero-order valence-corrected chi connectivity index (χ0v) is 17.8. The van der Waals surface area contributed by atoms with Gasteiger partial charge in [-0.1, -0.05) is 35.9 Å². The van der Waals surface area contributed by atoms with Crippen molar-refractivity contribution in [3.63, 3.8) is 0 Å². The standard InChI is InChI=1S/C24H21ClFN3O3/c25-19-6-2-1-5-17(19)23(30)27-21-10-9-16(15-18(21)24(31)32)28-11-13-29(14-12-28)22-8-4-3-7-20(22)26/h1-10,15H,11-14H2,(H,27,30)(H,31,32). The summed E-state index contributed by atoms with van der Waals surface area (Å²) in [7, 11) is 0. The average Bonchev–Trinajstić information content (AvgIpc) is 2.80. The first-order chi connectivity index (χ1) is 15.4. The summed E-state index contributed by atoms with van der Waals surface area (Å²) >= 11 is 6.07. The van der Waals surface area contributed by atoms with Crippen LogP contribution in [0, 0.1) is 5.82 Å². The Labute approximate surface area is 189 Å². The summed E-state index contributed by atoms with van der Waals surface area (Å²) in [6, 6.07) is 18.1. The molecular weight excluding hydrogens is 433 g/mol. The Morgan fingerprint density at radius 2 is 1.53 bits per heavy atom. The molecule has 0 radical (unpaired) electrons. The van der Waals surface area contributed by atoms with Crippen LogP contribution in [0.4, 0.5) is 21.5 Å². The van der Waals surface area contributed by atoms with Gasteiger partial charge in [0.1, 0.15) is 5.82 Å². The zero-order chi connectivity index (χ0) is 22.7. The molecule has 0 aromatic heterocycles. The molecule has 0 spiro atoms. The van der Waals surface area contributed by atoms with Crippen molar-refractivity contribution in [2.75, 3.05) is 41.3 Å². The van der Waals surface area contributed by atoms with Crippen LogP contribution < -0.4 is 15.1 Å². The van der Waals surface area contributed by atoms with Crippen molar-refractivity contribution in [1.29, 1.82) is 0 Å². The Morgan fingerprint density at radius 1 is 0.875 bits per heavy atom. The Balaban J connectivity index is 1.50. The number of nitrogens with zero attached hydrogens (tertiary/aromatic N) is 2. The highest BCUT2D eigenvalue weighted by molar-refractivity contribution is 6.34. The van der Waals surface area contributed by atoms with Gasteiger partial charge in [-0.2, -0.15) is 0 Å². The van der Waals surface area contributed by atoms with E-state index in [9.17, 15) is 19.1 Å². The number of carbonyl (C=O) groups is 2. The van der Waals surface area contributed by atoms with Crippen LogP contribution in [0.3, 0.4) is 0 Å². The third-order valence-corrected chi connectivity index (χ3v) is 5.77. The van der Waals surface area contributed by atoms with Crippen LogP contribution in [0.2, 0.25) is 5.02 Å². The van der Waals surface area contributed by atoms with E-state index in [4.69, 9.17) is 11.6 Å². The molecule has 3 aromatic carbocycles. The minimum Gasteiger partial charge on any atom is -0.478 e. The molecule has 8 heteroatoms. The fourth-order valence-corrected chi connectivity index (χ4v) is 3.99. The lowest BCUT2D eigenvalue weighted by Crippen LogP contribution is -2.46. The summed E-state index contributed by atoms with van der Waals surface area (Å²) < 4.78 is 14.1. The average molecular weight is 454 g/mol. The molecule has 2 N–H and O–H groups in total. The highest BCUT2D eigenvalue weighted by Gasteiger charge is 2.22. The number of halogens is 2. The maximum atomic E-state index is 14.1. The van der Waals surface area contributed by atoms with Crippen molar-refractivity contribution in [2.24, 2.45) is 0 Å². The first-order valence-electron chi connectivity index (χ1n) is 10.1. The molecule has 0 bridgehead atoms. The van der Waals surface area contributed by atoms with Crippen LogP contribution in [0.5, 0.6) is 0 Å². The lowest BCUT2D eigenvalue weighted by molar-refractivity contribution is 0.0698. The van der Waals surface area contributed by atoms with Crippen molar-refractivity contribution in [2.45, 2.75) is 0 Å². The van der Waals surface area contributed by atoms with Gasteiger partial charge >= 0.3 is 5.97 Å². The zero-order valence-electron chi connectivity index (χ0n) is 17.1. The number of piperazine rings is 1. The van der Waals surface area contributed by atoms with E-state index < -0.39 is 11.9 Å². The summed E-state index contributed by atoms with van der Waals surface area (Å²) in [5.74, 6) is -1.89. The molecule has 164 valence electrons. The molecule has 0 unspecified atom stereocenters. The van der Waals surface area contributed by atoms with Gasteiger partial charge in [0.2, 0.25) is 0 Å². The van der Waals surface area contributed by atoms with E-state index in [1.165, 1.54) is 6.07 Å². The van der Waals surface area contributed by atoms with Gasteiger partial charge in [-0.25, -0.2) is 9.18 Å². The molecule has 1 aliphatic heterocycles. The van der Waals surface area contributed by atoms with Crippen LogP contribution in [0.25, 0.3) is 0 Å². The SMILES string of the molecule is O=C(Nc1ccc(N2CCN(c3ccccc3F)CC2)cc1C(=O)O)c1ccccc1Cl. The number of anilines is 3. The largest absolute Gasteiger partial charge is 0.478 e. The number of carbonyl (C=O) groups excluding carboxylic acids is 1. The molecule has 3 aromatic rings. The van der Waals surface area contributed by atoms with Gasteiger partial charge in [-0.05, 0) is 42.5 Å². The number of rotatable bonds is 5. The van der Waals surface area contributed by atoms with Crippen LogP contribution in [-0.4, -0.2) is 43.2 Å². The molecule has 1 aliphatic rings. The van der Waals surface area contributed by atoms with Gasteiger partial charge in [-0.15, -0.1) is 0 Å². The van der Waals surface area contributed by atoms with E-state index in [0.29, 0.717) is 31.9 Å². The minimum absolute atomic E-state index is 0.0144. The van der Waals surface area contributed by atoms with Crippen molar-refractivity contribution in [3.05, 3.63) is 88.7 Å². The number of nitrogens with one attached hydrogen (secondary N) is 1. The van der Waals surface area contributed by atoms with Crippen LogP contribution in [0.15, 0.2) is 66.7 Å². The van der Waals surface area contributed by atoms with Gasteiger partial charge in [0.05, 0.1) is 27.5 Å². The summed E-state index contributed by atoms with van der Waals surface area (Å²) in [6.07, 6.45) is 0. The van der Waals surface area contributed by atoms with E-state index in [1.807, 2.05) is 9.80 Å². The molecule has 0 aliphatic carbocycles. The van der Waals surface area contributed by atoms with Gasteiger partial charge in [0.25, 0.3) is 5.91 Å². The molecule has 1 heterocycles. The number of hydrogen-bond acceptors (Lipinski definition) is 4. The number of amides is 1. The summed E-state index contributed by atoms with van der Waals surface area (Å²) in [5.41, 5.74) is 1.73. The van der Waals surface area contributed by atoms with Gasteiger partial charge in [0, 0.05) is 31.9 Å². The van der Waals surface area contributed by atoms with Gasteiger partial charge in [0.15, 0.2) is 0 Å². The number of benzene rings is 3. The molecule has 0 atom stereocenters. The quantitative estimate of drug-likeness (QED) is 0.583. The molecule has 1 saturated heterocycles. The third kappa shape index (κ3) is 4.53. The Bertz CT molecular complexity index is 1160. The summed E-state index contributed by atoms with van der Waals surface area (Å²) in [4.78, 5) is 28.4. The summed E-state index contributed by atoms with van der Waals surface area (Å²) in [6.45, 7) is 2.43. The molecule has 4 rings (SSSR count). The van der Waals surface area contributed by atoms with Gasteiger partial charge < -0.3 is 20.2 Å². The Kier molecular flexibility index (Phi) is 6.28. The number of para-hydroxylation sites is 1. The van der Waals surface area contributed by atoms with Gasteiger partial charge in [-0.3, -0.25) is 4.79 Å². The number of aromatic carboxylic acids is 1. The van der Waals surface area contributed by atoms with Crippen molar-refractivity contribution in [3.8, 4) is 0 Å². The van der Waals surface area contributed by atoms with Crippen LogP contribution in [-0.2, 0) is 0 Å². The number of hydrogen-bond donors (Lipinski definition) is 2. The first-order valence-corrected chi connectivity index (χ1v) is 10.5. The summed E-state index contributed by atoms with van der Waals surface area (Å²) in [5, 5.41) is 12.6. The molecule has 32 heavy (non-hydrogen) atoms. The smallest absolute Gasteiger partial charge is 0.337 e. The first kappa shape index (κ1) is 21.6. The minimum atomic E-state index is -1.15. The Morgan fingerprint density at radius 3 is 2.22 bits per heavy atom. The predicted octanol–water partition coefficient (Wildman–Crippen LogP) is 4.76. The topological polar surface area (TPSA) is 72.9 Å². The molecule has 6 nitrogen and oxygen atoms in total. The fraction of sp³-hybridized carbons (Fsp3) is 0.167. The van der Waals surface area contributed by atoms with E-state index in [-0.39, 0.29) is 27.7 Å². The molecule has 1 fully saturated rings.